The van der Waals surface area contributed by atoms with E-state index in [-0.39, 0.29) is 6.42 Å². The Labute approximate surface area is 183 Å². The van der Waals surface area contributed by atoms with E-state index in [1.54, 1.807) is 11.8 Å². The first-order valence-corrected chi connectivity index (χ1v) is 11.0. The number of benzene rings is 2. The summed E-state index contributed by atoms with van der Waals surface area (Å²) < 4.78 is 39.2. The van der Waals surface area contributed by atoms with Gasteiger partial charge in [-0.2, -0.15) is 28.2 Å². The number of carboxylic acids is 1. The minimum Gasteiger partial charge on any atom is -0.481 e. The number of nitrogens with zero attached hydrogens (tertiary/aromatic N) is 3. The fraction of sp³-hybridized carbons (Fsp3) is 0.190. The molecule has 0 spiro atoms. The summed E-state index contributed by atoms with van der Waals surface area (Å²) in [4.78, 5) is 13.3. The van der Waals surface area contributed by atoms with E-state index in [4.69, 9.17) is 5.11 Å². The van der Waals surface area contributed by atoms with Gasteiger partial charge in [0.2, 0.25) is 0 Å². The number of alkyl halides is 3. The van der Waals surface area contributed by atoms with Crippen molar-refractivity contribution in [3.63, 3.8) is 0 Å². The van der Waals surface area contributed by atoms with Crippen LogP contribution in [-0.2, 0) is 23.1 Å². The normalized spacial score (nSPS) is 11.9. The lowest BCUT2D eigenvalue weighted by atomic mass is 10.1. The number of thioether (sulfide) groups is 1. The summed E-state index contributed by atoms with van der Waals surface area (Å²) in [6.45, 7) is 1.81. The van der Waals surface area contributed by atoms with Crippen LogP contribution in [0, 0.1) is 6.92 Å². The van der Waals surface area contributed by atoms with Crippen molar-refractivity contribution >= 4 is 39.2 Å². The van der Waals surface area contributed by atoms with Crippen LogP contribution in [0.25, 0.3) is 15.8 Å². The van der Waals surface area contributed by atoms with E-state index in [0.717, 1.165) is 38.4 Å². The van der Waals surface area contributed by atoms with Crippen LogP contribution in [0.5, 0.6) is 0 Å². The summed E-state index contributed by atoms with van der Waals surface area (Å²) in [7, 11) is 0. The number of aliphatic carboxylic acids is 1. The van der Waals surface area contributed by atoms with Gasteiger partial charge in [0.05, 0.1) is 29.1 Å². The van der Waals surface area contributed by atoms with Gasteiger partial charge >= 0.3 is 12.1 Å². The molecular formula is C21H16F3N3O2S2. The number of carboxylic acid groups (broad SMARTS) is 1. The molecule has 0 aliphatic heterocycles. The van der Waals surface area contributed by atoms with Crippen molar-refractivity contribution in [2.75, 3.05) is 0 Å². The highest BCUT2D eigenvalue weighted by molar-refractivity contribution is 7.98. The van der Waals surface area contributed by atoms with Crippen LogP contribution < -0.4 is 0 Å². The van der Waals surface area contributed by atoms with E-state index in [9.17, 15) is 18.0 Å². The zero-order valence-electron chi connectivity index (χ0n) is 16.2. The van der Waals surface area contributed by atoms with Crippen molar-refractivity contribution < 1.29 is 23.1 Å². The first kappa shape index (κ1) is 21.4. The highest BCUT2D eigenvalue weighted by Gasteiger charge is 2.30. The minimum absolute atomic E-state index is 0.00125. The molecule has 10 heteroatoms. The van der Waals surface area contributed by atoms with Crippen molar-refractivity contribution in [2.24, 2.45) is 0 Å². The molecule has 1 N–H and O–H groups in total. The molecule has 160 valence electrons. The molecule has 4 rings (SSSR count). The SMILES string of the molecule is Cc1nn(-c2ccc(C(F)(F)F)cc2)nc1CSc1ccc2c(CC(=O)O)csc2c1. The molecule has 0 bridgehead atoms. The van der Waals surface area contributed by atoms with Crippen molar-refractivity contribution in [1.29, 1.82) is 0 Å². The van der Waals surface area contributed by atoms with E-state index in [1.807, 2.05) is 30.5 Å². The molecule has 0 aliphatic rings. The van der Waals surface area contributed by atoms with Crippen LogP contribution in [0.4, 0.5) is 13.2 Å². The van der Waals surface area contributed by atoms with Gasteiger partial charge in [-0.05, 0) is 59.7 Å². The number of hydrogen-bond acceptors (Lipinski definition) is 5. The summed E-state index contributed by atoms with van der Waals surface area (Å²) in [5.41, 5.74) is 1.99. The van der Waals surface area contributed by atoms with Gasteiger partial charge in [-0.1, -0.05) is 6.07 Å². The molecule has 31 heavy (non-hydrogen) atoms. The van der Waals surface area contributed by atoms with Crippen molar-refractivity contribution in [3.8, 4) is 5.69 Å². The zero-order chi connectivity index (χ0) is 22.2. The molecule has 0 amide bonds. The lowest BCUT2D eigenvalue weighted by Crippen LogP contribution is -2.06. The maximum absolute atomic E-state index is 12.7. The molecule has 2 heterocycles. The summed E-state index contributed by atoms with van der Waals surface area (Å²) >= 11 is 3.08. The Bertz CT molecular complexity index is 1250. The van der Waals surface area contributed by atoms with Crippen molar-refractivity contribution in [2.45, 2.75) is 30.2 Å². The summed E-state index contributed by atoms with van der Waals surface area (Å²) in [5, 5.41) is 20.6. The topological polar surface area (TPSA) is 68.0 Å². The Morgan fingerprint density at radius 3 is 2.58 bits per heavy atom. The fourth-order valence-corrected chi connectivity index (χ4v) is 5.06. The Hall–Kier alpha value is -2.85. The number of rotatable bonds is 6. The quantitative estimate of drug-likeness (QED) is 0.370. The number of fused-ring (bicyclic) bond motifs is 1. The largest absolute Gasteiger partial charge is 0.481 e. The summed E-state index contributed by atoms with van der Waals surface area (Å²) in [6, 6.07) is 10.6. The lowest BCUT2D eigenvalue weighted by molar-refractivity contribution is -0.138. The standard InChI is InChI=1S/C21H16F3N3O2S2/c1-12-18(26-27(25-12)15-4-2-14(3-5-15)21(22,23)24)11-30-16-6-7-17-13(8-20(28)29)10-31-19(17)9-16/h2-7,9-10H,8,11H2,1H3,(H,28,29). The van der Waals surface area contributed by atoms with Gasteiger partial charge in [-0.25, -0.2) is 0 Å². The average molecular weight is 464 g/mol. The second-order valence-corrected chi connectivity index (χ2v) is 8.80. The second-order valence-electron chi connectivity index (χ2n) is 6.84. The molecule has 4 aromatic rings. The summed E-state index contributed by atoms with van der Waals surface area (Å²) in [6.07, 6.45) is -4.38. The number of carbonyl (C=O) groups is 1. The molecule has 5 nitrogen and oxygen atoms in total. The first-order chi connectivity index (χ1) is 14.7. The number of aromatic nitrogens is 3. The van der Waals surface area contributed by atoms with E-state index in [0.29, 0.717) is 17.1 Å². The number of aryl methyl sites for hydroxylation is 1. The van der Waals surface area contributed by atoms with Crippen LogP contribution in [0.3, 0.4) is 0 Å². The monoisotopic (exact) mass is 463 g/mol. The highest BCUT2D eigenvalue weighted by atomic mass is 32.2. The van der Waals surface area contributed by atoms with Crippen LogP contribution in [0.2, 0.25) is 0 Å². The van der Waals surface area contributed by atoms with Gasteiger partial charge in [0, 0.05) is 15.3 Å². The fourth-order valence-electron chi connectivity index (χ4n) is 3.05. The Kier molecular flexibility index (Phi) is 5.76. The van der Waals surface area contributed by atoms with Gasteiger partial charge in [-0.3, -0.25) is 4.79 Å². The maximum Gasteiger partial charge on any atom is 0.416 e. The molecule has 2 aromatic carbocycles. The van der Waals surface area contributed by atoms with Gasteiger partial charge in [0.1, 0.15) is 0 Å². The summed E-state index contributed by atoms with van der Waals surface area (Å²) in [5.74, 6) is -0.310. The molecule has 2 aromatic heterocycles. The van der Waals surface area contributed by atoms with Crippen molar-refractivity contribution in [3.05, 3.63) is 70.4 Å². The molecule has 0 saturated carbocycles. The molecule has 0 unspecified atom stereocenters. The third-order valence-corrected chi connectivity index (χ3v) is 6.65. The first-order valence-electron chi connectivity index (χ1n) is 9.16. The molecular weight excluding hydrogens is 447 g/mol. The van der Waals surface area contributed by atoms with E-state index >= 15 is 0 Å². The maximum atomic E-state index is 12.7. The lowest BCUT2D eigenvalue weighted by Gasteiger charge is -2.06. The predicted octanol–water partition coefficient (Wildman–Crippen LogP) is 5.73. The number of thiophene rings is 1. The van der Waals surface area contributed by atoms with Crippen LogP contribution in [-0.4, -0.2) is 26.1 Å². The van der Waals surface area contributed by atoms with E-state index in [1.165, 1.54) is 28.3 Å². The molecule has 0 radical (unpaired) electrons. The second kappa shape index (κ2) is 8.35. The molecule has 0 atom stereocenters. The van der Waals surface area contributed by atoms with Crippen LogP contribution in [0.1, 0.15) is 22.5 Å². The number of hydrogen-bond donors (Lipinski definition) is 1. The Morgan fingerprint density at radius 2 is 1.90 bits per heavy atom. The molecule has 0 aliphatic carbocycles. The highest BCUT2D eigenvalue weighted by Crippen LogP contribution is 2.32. The minimum atomic E-state index is -4.38. The smallest absolute Gasteiger partial charge is 0.416 e. The van der Waals surface area contributed by atoms with Gasteiger partial charge in [0.15, 0.2) is 0 Å². The Morgan fingerprint density at radius 1 is 1.16 bits per heavy atom. The van der Waals surface area contributed by atoms with Crippen LogP contribution >= 0.6 is 23.1 Å². The Balaban J connectivity index is 1.48. The third kappa shape index (κ3) is 4.75. The predicted molar refractivity (Wildman–Crippen MR) is 114 cm³/mol. The third-order valence-electron chi connectivity index (χ3n) is 4.65. The molecule has 0 saturated heterocycles. The van der Waals surface area contributed by atoms with E-state index in [2.05, 4.69) is 10.2 Å². The van der Waals surface area contributed by atoms with Gasteiger partial charge in [-0.15, -0.1) is 23.1 Å². The van der Waals surface area contributed by atoms with Gasteiger partial charge < -0.3 is 5.11 Å². The van der Waals surface area contributed by atoms with Crippen molar-refractivity contribution in [1.82, 2.24) is 15.0 Å². The molecule has 0 fully saturated rings. The zero-order valence-corrected chi connectivity index (χ0v) is 17.8. The van der Waals surface area contributed by atoms with E-state index < -0.39 is 17.7 Å². The average Bonchev–Trinajstić information content (AvgIpc) is 3.28. The number of halogens is 3. The van der Waals surface area contributed by atoms with Gasteiger partial charge in [0.25, 0.3) is 0 Å². The van der Waals surface area contributed by atoms with Crippen LogP contribution in [0.15, 0.2) is 52.7 Å².